The van der Waals surface area contributed by atoms with E-state index in [0.29, 0.717) is 11.3 Å². The highest BCUT2D eigenvalue weighted by atomic mass is 14.8. The molecule has 1 nitrogen and oxygen atoms in total. The van der Waals surface area contributed by atoms with E-state index in [2.05, 4.69) is 57.3 Å². The van der Waals surface area contributed by atoms with Crippen molar-refractivity contribution in [1.29, 1.82) is 0 Å². The zero-order valence-corrected chi connectivity index (χ0v) is 11.3. The number of hydrogen-bond acceptors (Lipinski definition) is 1. The highest BCUT2D eigenvalue weighted by Gasteiger charge is 2.25. The van der Waals surface area contributed by atoms with Crippen molar-refractivity contribution >= 4 is 0 Å². The van der Waals surface area contributed by atoms with Gasteiger partial charge in [0.1, 0.15) is 0 Å². The molecule has 1 atom stereocenters. The van der Waals surface area contributed by atoms with E-state index < -0.39 is 0 Å². The van der Waals surface area contributed by atoms with E-state index >= 15 is 0 Å². The molecule has 90 valence electrons. The monoisotopic (exact) mass is 219 g/mol. The predicted octanol–water partition coefficient (Wildman–Crippen LogP) is 3.73. The second-order valence-electron chi connectivity index (χ2n) is 5.72. The lowest BCUT2D eigenvalue weighted by Gasteiger charge is -2.31. The fourth-order valence-electron chi connectivity index (χ4n) is 2.28. The van der Waals surface area contributed by atoms with Crippen LogP contribution < -0.4 is 5.32 Å². The zero-order chi connectivity index (χ0) is 12.2. The average Bonchev–Trinajstić information content (AvgIpc) is 2.16. The van der Waals surface area contributed by atoms with Gasteiger partial charge in [0.25, 0.3) is 0 Å². The van der Waals surface area contributed by atoms with Crippen LogP contribution in [0.15, 0.2) is 24.3 Å². The summed E-state index contributed by atoms with van der Waals surface area (Å²) in [6.45, 7) is 10.2. The van der Waals surface area contributed by atoms with Gasteiger partial charge in [-0.1, -0.05) is 50.6 Å². The Morgan fingerprint density at radius 1 is 1.25 bits per heavy atom. The van der Waals surface area contributed by atoms with Gasteiger partial charge in [0.15, 0.2) is 0 Å². The minimum Gasteiger partial charge on any atom is -0.320 e. The summed E-state index contributed by atoms with van der Waals surface area (Å²) < 4.78 is 0. The third kappa shape index (κ3) is 3.64. The number of nitrogens with one attached hydrogen (secondary N) is 1. The van der Waals surface area contributed by atoms with Gasteiger partial charge in [0.2, 0.25) is 0 Å². The summed E-state index contributed by atoms with van der Waals surface area (Å²) >= 11 is 0. The quantitative estimate of drug-likeness (QED) is 0.813. The van der Waals surface area contributed by atoms with E-state index in [1.807, 2.05) is 7.05 Å². The first kappa shape index (κ1) is 13.2. The average molecular weight is 219 g/mol. The molecule has 16 heavy (non-hydrogen) atoms. The molecule has 0 aliphatic rings. The summed E-state index contributed by atoms with van der Waals surface area (Å²) in [5.74, 6) is 0.625. The summed E-state index contributed by atoms with van der Waals surface area (Å²) in [5, 5.41) is 3.25. The molecule has 0 saturated heterocycles. The smallest absolute Gasteiger partial charge is 0.00459 e. The third-order valence-electron chi connectivity index (χ3n) is 3.17. The Bertz CT molecular complexity index is 322. The van der Waals surface area contributed by atoms with Gasteiger partial charge in [-0.15, -0.1) is 0 Å². The molecule has 0 spiro atoms. The van der Waals surface area contributed by atoms with Crippen molar-refractivity contribution in [1.82, 2.24) is 5.32 Å². The normalized spacial score (nSPS) is 13.8. The van der Waals surface area contributed by atoms with Crippen LogP contribution in [-0.2, 0) is 0 Å². The van der Waals surface area contributed by atoms with Crippen molar-refractivity contribution in [2.24, 2.45) is 5.41 Å². The topological polar surface area (TPSA) is 12.0 Å². The van der Waals surface area contributed by atoms with Crippen LogP contribution in [0.25, 0.3) is 0 Å². The van der Waals surface area contributed by atoms with Crippen LogP contribution in [0.5, 0.6) is 0 Å². The Kier molecular flexibility index (Phi) is 4.55. The molecule has 0 bridgehead atoms. The fraction of sp³-hybridized carbons (Fsp3) is 0.600. The van der Waals surface area contributed by atoms with E-state index in [-0.39, 0.29) is 0 Å². The minimum absolute atomic E-state index is 0.324. The van der Waals surface area contributed by atoms with Crippen molar-refractivity contribution < 1.29 is 0 Å². The maximum Gasteiger partial charge on any atom is -0.00459 e. The number of benzene rings is 1. The van der Waals surface area contributed by atoms with E-state index in [1.54, 1.807) is 0 Å². The first-order chi connectivity index (χ1) is 7.45. The van der Waals surface area contributed by atoms with Crippen molar-refractivity contribution in [3.63, 3.8) is 0 Å². The van der Waals surface area contributed by atoms with Crippen LogP contribution in [0.3, 0.4) is 0 Å². The summed E-state index contributed by atoms with van der Waals surface area (Å²) in [6.07, 6.45) is 1.20. The molecule has 1 rings (SSSR count). The van der Waals surface area contributed by atoms with Crippen molar-refractivity contribution in [2.45, 2.75) is 40.0 Å². The van der Waals surface area contributed by atoms with Gasteiger partial charge < -0.3 is 5.32 Å². The molecule has 1 heteroatoms. The van der Waals surface area contributed by atoms with Crippen LogP contribution in [0.1, 0.15) is 44.2 Å². The van der Waals surface area contributed by atoms with Crippen molar-refractivity contribution in [3.05, 3.63) is 35.4 Å². The fourth-order valence-corrected chi connectivity index (χ4v) is 2.28. The van der Waals surface area contributed by atoms with Crippen LogP contribution in [0.4, 0.5) is 0 Å². The molecule has 1 N–H and O–H groups in total. The summed E-state index contributed by atoms with van der Waals surface area (Å²) in [4.78, 5) is 0. The molecule has 1 aromatic carbocycles. The van der Waals surface area contributed by atoms with Crippen LogP contribution in [0, 0.1) is 12.3 Å². The lowest BCUT2D eigenvalue weighted by atomic mass is 9.74. The van der Waals surface area contributed by atoms with E-state index in [0.717, 1.165) is 6.54 Å². The number of hydrogen-bond donors (Lipinski definition) is 1. The third-order valence-corrected chi connectivity index (χ3v) is 3.17. The standard InChI is InChI=1S/C15H25N/c1-12-7-6-8-13(11-12)14(9-10-16-5)15(2,3)4/h6-8,11,14,16H,9-10H2,1-5H3. The molecule has 0 saturated carbocycles. The molecule has 0 aromatic heterocycles. The molecular weight excluding hydrogens is 194 g/mol. The maximum absolute atomic E-state index is 3.25. The molecule has 0 aliphatic heterocycles. The van der Waals surface area contributed by atoms with Gasteiger partial charge in [0.05, 0.1) is 0 Å². The van der Waals surface area contributed by atoms with Gasteiger partial charge in [-0.25, -0.2) is 0 Å². The van der Waals surface area contributed by atoms with E-state index in [1.165, 1.54) is 17.5 Å². The van der Waals surface area contributed by atoms with Crippen LogP contribution >= 0.6 is 0 Å². The lowest BCUT2D eigenvalue weighted by molar-refractivity contribution is 0.303. The Balaban J connectivity index is 2.92. The highest BCUT2D eigenvalue weighted by Crippen LogP contribution is 2.37. The second-order valence-corrected chi connectivity index (χ2v) is 5.72. The highest BCUT2D eigenvalue weighted by molar-refractivity contribution is 5.26. The number of aryl methyl sites for hydroxylation is 1. The van der Waals surface area contributed by atoms with Gasteiger partial charge >= 0.3 is 0 Å². The minimum atomic E-state index is 0.324. The zero-order valence-electron chi connectivity index (χ0n) is 11.3. The van der Waals surface area contributed by atoms with Crippen LogP contribution in [-0.4, -0.2) is 13.6 Å². The molecule has 0 heterocycles. The number of rotatable bonds is 4. The van der Waals surface area contributed by atoms with Crippen molar-refractivity contribution in [2.75, 3.05) is 13.6 Å². The van der Waals surface area contributed by atoms with Crippen LogP contribution in [0.2, 0.25) is 0 Å². The first-order valence-electron chi connectivity index (χ1n) is 6.16. The van der Waals surface area contributed by atoms with E-state index in [9.17, 15) is 0 Å². The summed E-state index contributed by atoms with van der Waals surface area (Å²) in [6, 6.07) is 8.92. The Hall–Kier alpha value is -0.820. The Morgan fingerprint density at radius 2 is 1.94 bits per heavy atom. The lowest BCUT2D eigenvalue weighted by Crippen LogP contribution is -2.22. The molecule has 0 amide bonds. The predicted molar refractivity (Wildman–Crippen MR) is 71.9 cm³/mol. The summed E-state index contributed by atoms with van der Waals surface area (Å²) in [5.41, 5.74) is 3.16. The first-order valence-corrected chi connectivity index (χ1v) is 6.16. The van der Waals surface area contributed by atoms with Gasteiger partial charge in [-0.3, -0.25) is 0 Å². The van der Waals surface area contributed by atoms with Crippen molar-refractivity contribution in [3.8, 4) is 0 Å². The molecule has 0 radical (unpaired) electrons. The maximum atomic E-state index is 3.25. The van der Waals surface area contributed by atoms with Gasteiger partial charge in [-0.2, -0.15) is 0 Å². The van der Waals surface area contributed by atoms with E-state index in [4.69, 9.17) is 0 Å². The Labute approximate surface area is 100 Å². The molecule has 1 unspecified atom stereocenters. The largest absolute Gasteiger partial charge is 0.320 e. The summed E-state index contributed by atoms with van der Waals surface area (Å²) in [7, 11) is 2.02. The molecule has 0 fully saturated rings. The SMILES string of the molecule is CNCCC(c1cccc(C)c1)C(C)(C)C. The second kappa shape index (κ2) is 5.49. The molecule has 1 aromatic rings. The molecular formula is C15H25N. The van der Waals surface area contributed by atoms with Gasteiger partial charge in [0, 0.05) is 0 Å². The van der Waals surface area contributed by atoms with Gasteiger partial charge in [-0.05, 0) is 43.8 Å². The molecule has 0 aliphatic carbocycles. The Morgan fingerprint density at radius 3 is 2.44 bits per heavy atom.